The molecule has 0 bridgehead atoms. The average Bonchev–Trinajstić information content (AvgIpc) is 3.82. The Balaban J connectivity index is 1.32. The van der Waals surface area contributed by atoms with Crippen LogP contribution in [-0.4, -0.2) is 134 Å². The number of aromatic nitrogens is 4. The lowest BCUT2D eigenvalue weighted by atomic mass is 9.87. The number of thioether (sulfide) groups is 1. The Hall–Kier alpha value is -3.00. The molecule has 29 heteroatoms. The third-order valence-corrected chi connectivity index (χ3v) is 14.2. The predicted octanol–water partition coefficient (Wildman–Crippen LogP) is 3.45. The summed E-state index contributed by atoms with van der Waals surface area (Å²) in [6.45, 7) is 2.57. The van der Waals surface area contributed by atoms with Crippen LogP contribution in [0.1, 0.15) is 104 Å². The largest absolute Gasteiger partial charge is 0.481 e. The first-order valence-electron chi connectivity index (χ1n) is 22.0. The smallest absolute Gasteiger partial charge is 0.393 e. The van der Waals surface area contributed by atoms with Crippen molar-refractivity contribution in [3.63, 3.8) is 0 Å². The maximum Gasteiger partial charge on any atom is 0.481 e. The molecule has 3 unspecified atom stereocenters. The number of allylic oxidation sites excluding steroid dienone is 4. The molecule has 11 N–H and O–H groups in total. The topological polar surface area (TPSA) is 384 Å². The molecule has 0 radical (unpaired) electrons. The number of ether oxygens (including phenoxy) is 1. The number of imidazole rings is 1. The molecule has 2 aromatic rings. The third kappa shape index (κ3) is 21.6. The predicted molar refractivity (Wildman–Crippen MR) is 248 cm³/mol. The molecule has 1 fully saturated rings. The zero-order valence-electron chi connectivity index (χ0n) is 38.2. The second kappa shape index (κ2) is 28.7. The fourth-order valence-electron chi connectivity index (χ4n) is 6.49. The van der Waals surface area contributed by atoms with Crippen molar-refractivity contribution in [1.29, 1.82) is 0 Å². The molecule has 386 valence electrons. The van der Waals surface area contributed by atoms with Gasteiger partial charge in [-0.1, -0.05) is 82.5 Å². The van der Waals surface area contributed by atoms with E-state index in [1.807, 2.05) is 0 Å². The summed E-state index contributed by atoms with van der Waals surface area (Å²) in [5.74, 6) is -1.24. The minimum atomic E-state index is -5.59. The molecule has 8 atom stereocenters. The van der Waals surface area contributed by atoms with E-state index >= 15 is 0 Å². The van der Waals surface area contributed by atoms with Crippen molar-refractivity contribution in [2.45, 2.75) is 135 Å². The fraction of sp³-hybridized carbons (Fsp3) is 0.692. The summed E-state index contributed by atoms with van der Waals surface area (Å²) < 4.78 is 62.4. The molecular weight excluding hydrogens is 979 g/mol. The van der Waals surface area contributed by atoms with Crippen LogP contribution in [0.15, 0.2) is 37.0 Å². The maximum atomic E-state index is 12.7. The Kier molecular flexibility index (Phi) is 25.1. The standard InChI is InChI=1S/C39H66N7O18P3S/c1-4-5-6-7-8-9-10-11-12-13-14-15-16-17-27(47)22-30(49)68-21-20-41-29(48)18-19-42-37(52)34(51)39(2,3)24-61-67(58,59)64-66(56,57)60-23-28-33(63-65(53,54)55)32(50)38(62-28)46-26-45-31-35(40)43-25-44-36(31)46/h8-9,11-12,25-28,32-34,38,47,50-51H,4-7,10,13-24H2,1-3H3,(H,41,48)(H,42,52)(H,56,57)(H,58,59)(H2,40,43,44)(H2,53,54,55)/b9-8-,12-11-/t27-,28+,32-,33-,34?,38+/m0/s1. The summed E-state index contributed by atoms with van der Waals surface area (Å²) >= 11 is 0.986. The van der Waals surface area contributed by atoms with E-state index in [1.165, 1.54) is 33.1 Å². The number of aliphatic hydroxyl groups excluding tert-OH is 3. The number of nitrogens with two attached hydrogens (primary N) is 1. The van der Waals surface area contributed by atoms with E-state index in [0.29, 0.717) is 6.42 Å². The highest BCUT2D eigenvalue weighted by Gasteiger charge is 2.50. The lowest BCUT2D eigenvalue weighted by Crippen LogP contribution is -2.46. The number of fused-ring (bicyclic) bond motifs is 1. The van der Waals surface area contributed by atoms with E-state index in [1.54, 1.807) is 0 Å². The number of hydrogen-bond donors (Lipinski definition) is 10. The van der Waals surface area contributed by atoms with Crippen LogP contribution in [0.5, 0.6) is 0 Å². The number of nitrogens with one attached hydrogen (secondary N) is 2. The highest BCUT2D eigenvalue weighted by molar-refractivity contribution is 8.13. The molecule has 0 spiro atoms. The summed E-state index contributed by atoms with van der Waals surface area (Å²) in [7, 11) is -16.4. The molecule has 1 saturated heterocycles. The second-order valence-corrected chi connectivity index (χ2v) is 21.8. The van der Waals surface area contributed by atoms with Gasteiger partial charge in [0.15, 0.2) is 22.8 Å². The van der Waals surface area contributed by atoms with Gasteiger partial charge in [-0.2, -0.15) is 4.31 Å². The van der Waals surface area contributed by atoms with E-state index in [4.69, 9.17) is 19.5 Å². The van der Waals surface area contributed by atoms with Crippen molar-refractivity contribution in [3.05, 3.63) is 37.0 Å². The number of phosphoric ester groups is 3. The van der Waals surface area contributed by atoms with Crippen LogP contribution in [0.25, 0.3) is 11.2 Å². The van der Waals surface area contributed by atoms with Gasteiger partial charge in [0.25, 0.3) is 0 Å². The van der Waals surface area contributed by atoms with Gasteiger partial charge in [0.2, 0.25) is 11.8 Å². The van der Waals surface area contributed by atoms with E-state index in [0.717, 1.165) is 67.5 Å². The summed E-state index contributed by atoms with van der Waals surface area (Å²) in [5, 5.41) is 36.6. The van der Waals surface area contributed by atoms with Crippen LogP contribution < -0.4 is 16.4 Å². The molecular formula is C39H66N7O18P3S. The molecule has 3 rings (SSSR count). The number of carbonyl (C=O) groups is 3. The molecule has 2 amide bonds. The van der Waals surface area contributed by atoms with Gasteiger partial charge in [-0.25, -0.2) is 28.6 Å². The van der Waals surface area contributed by atoms with E-state index < -0.39 is 90.7 Å². The Morgan fingerprint density at radius 2 is 1.62 bits per heavy atom. The van der Waals surface area contributed by atoms with E-state index in [2.05, 4.69) is 65.6 Å². The highest BCUT2D eigenvalue weighted by Crippen LogP contribution is 2.61. The van der Waals surface area contributed by atoms with Gasteiger partial charge >= 0.3 is 23.5 Å². The third-order valence-electron chi connectivity index (χ3n) is 10.2. The Morgan fingerprint density at radius 1 is 0.941 bits per heavy atom. The fourth-order valence-corrected chi connectivity index (χ4v) is 10.1. The number of anilines is 1. The summed E-state index contributed by atoms with van der Waals surface area (Å²) in [6, 6.07) is 0. The molecule has 0 saturated carbocycles. The molecule has 1 aliphatic heterocycles. The number of unbranched alkanes of at least 4 members (excludes halogenated alkanes) is 6. The number of rotatable bonds is 33. The van der Waals surface area contributed by atoms with Gasteiger partial charge in [0, 0.05) is 37.1 Å². The van der Waals surface area contributed by atoms with Crippen molar-refractivity contribution in [2.75, 3.05) is 37.8 Å². The zero-order chi connectivity index (χ0) is 50.5. The van der Waals surface area contributed by atoms with Gasteiger partial charge in [-0.05, 0) is 38.5 Å². The minimum absolute atomic E-state index is 0.00495. The summed E-state index contributed by atoms with van der Waals surface area (Å²) in [5.41, 5.74) is 4.25. The van der Waals surface area contributed by atoms with Crippen LogP contribution >= 0.6 is 35.2 Å². The van der Waals surface area contributed by atoms with Crippen LogP contribution in [-0.2, 0) is 50.7 Å². The molecule has 0 aliphatic carbocycles. The Labute approximate surface area is 398 Å². The first-order chi connectivity index (χ1) is 31.9. The molecule has 3 heterocycles. The first kappa shape index (κ1) is 59.3. The van der Waals surface area contributed by atoms with Crippen molar-refractivity contribution in [2.24, 2.45) is 5.41 Å². The number of hydrogen-bond acceptors (Lipinski definition) is 19. The SMILES string of the molecule is CCCCC/C=C\C/C=C\CCCCC[C@H](O)CC(=O)SCCNC(=O)CCNC(=O)C(O)C(C)(C)COP(=O)(O)OP(=O)(O)OC[C@H]1O[C@@H](n2cnc3c(N)ncnc32)[C@@H](O)[C@H]1OP(=O)(O)O. The normalized spacial score (nSPS) is 20.7. The highest BCUT2D eigenvalue weighted by atomic mass is 32.2. The first-order valence-corrected chi connectivity index (χ1v) is 27.5. The lowest BCUT2D eigenvalue weighted by Gasteiger charge is -2.30. The second-order valence-electron chi connectivity index (χ2n) is 16.5. The molecule has 2 aromatic heterocycles. The number of amides is 2. The van der Waals surface area contributed by atoms with E-state index in [-0.39, 0.29) is 53.8 Å². The Bertz CT molecular complexity index is 2130. The van der Waals surface area contributed by atoms with Gasteiger partial charge in [-0.3, -0.25) is 32.5 Å². The van der Waals surface area contributed by atoms with Crippen molar-refractivity contribution in [3.8, 4) is 0 Å². The maximum absolute atomic E-state index is 12.7. The van der Waals surface area contributed by atoms with Gasteiger partial charge < -0.3 is 56.0 Å². The summed E-state index contributed by atoms with van der Waals surface area (Å²) in [4.78, 5) is 88.4. The van der Waals surface area contributed by atoms with Crippen molar-refractivity contribution < 1.29 is 85.6 Å². The van der Waals surface area contributed by atoms with Gasteiger partial charge in [-0.15, -0.1) is 0 Å². The molecule has 25 nitrogen and oxygen atoms in total. The van der Waals surface area contributed by atoms with Crippen molar-refractivity contribution in [1.82, 2.24) is 30.2 Å². The number of phosphoric acid groups is 3. The number of nitrogens with zero attached hydrogens (tertiary/aromatic N) is 4. The van der Waals surface area contributed by atoms with Gasteiger partial charge in [0.05, 0.1) is 25.6 Å². The number of carbonyl (C=O) groups excluding carboxylic acids is 3. The molecule has 0 aromatic carbocycles. The summed E-state index contributed by atoms with van der Waals surface area (Å²) in [6.07, 6.45) is 11.1. The average molecular weight is 1050 g/mol. The quantitative estimate of drug-likeness (QED) is 0.0278. The van der Waals surface area contributed by atoms with Crippen LogP contribution in [0.2, 0.25) is 0 Å². The molecule has 1 aliphatic rings. The van der Waals surface area contributed by atoms with E-state index in [9.17, 15) is 63.0 Å². The van der Waals surface area contributed by atoms with Crippen LogP contribution in [0.3, 0.4) is 0 Å². The van der Waals surface area contributed by atoms with Gasteiger partial charge in [0.1, 0.15) is 36.3 Å². The van der Waals surface area contributed by atoms with Crippen LogP contribution in [0.4, 0.5) is 5.82 Å². The zero-order valence-corrected chi connectivity index (χ0v) is 41.7. The number of aliphatic hydroxyl groups is 3. The lowest BCUT2D eigenvalue weighted by molar-refractivity contribution is -0.137. The van der Waals surface area contributed by atoms with Crippen LogP contribution in [0, 0.1) is 5.41 Å². The van der Waals surface area contributed by atoms with Crippen molar-refractivity contribution >= 4 is 69.1 Å². The molecule has 68 heavy (non-hydrogen) atoms. The number of nitrogen functional groups attached to an aromatic ring is 1. The Morgan fingerprint density at radius 3 is 2.29 bits per heavy atom. The minimum Gasteiger partial charge on any atom is -0.393 e. The monoisotopic (exact) mass is 1050 g/mol.